The number of aromatic nitrogens is 2. The van der Waals surface area contributed by atoms with E-state index in [0.717, 1.165) is 19.4 Å². The summed E-state index contributed by atoms with van der Waals surface area (Å²) in [7, 11) is 0. The summed E-state index contributed by atoms with van der Waals surface area (Å²) in [6.45, 7) is 11.0. The fraction of sp³-hybridized carbons (Fsp3) is 0.478. The average Bonchev–Trinajstić information content (AvgIpc) is 3.15. The fourth-order valence-electron chi connectivity index (χ4n) is 3.74. The van der Waals surface area contributed by atoms with Gasteiger partial charge in [0.25, 0.3) is 0 Å². The second-order valence-electron chi connectivity index (χ2n) is 8.55. The summed E-state index contributed by atoms with van der Waals surface area (Å²) < 4.78 is 0. The van der Waals surface area contributed by atoms with Crippen molar-refractivity contribution in [2.45, 2.75) is 63.9 Å². The monoisotopic (exact) mass is 408 g/mol. The standard InChI is InChI=1S/C23H28N4OS/c1-15-19(13-24)22(26-16(2)25-15)29-14-21(28)27-12-6-7-20(27)17-8-10-18(11-9-17)23(3,4)5/h8-11,20H,6-7,12,14H2,1-5H3. The quantitative estimate of drug-likeness (QED) is 0.541. The summed E-state index contributed by atoms with van der Waals surface area (Å²) in [5, 5.41) is 9.99. The minimum Gasteiger partial charge on any atom is -0.335 e. The number of aryl methyl sites for hydroxylation is 2. The van der Waals surface area contributed by atoms with E-state index in [0.29, 0.717) is 22.1 Å². The zero-order valence-corrected chi connectivity index (χ0v) is 18.6. The van der Waals surface area contributed by atoms with Crippen molar-refractivity contribution < 1.29 is 4.79 Å². The van der Waals surface area contributed by atoms with Gasteiger partial charge >= 0.3 is 0 Å². The number of likely N-dealkylation sites (tertiary alicyclic amines) is 1. The summed E-state index contributed by atoms with van der Waals surface area (Å²) >= 11 is 1.33. The van der Waals surface area contributed by atoms with Crippen molar-refractivity contribution in [3.05, 3.63) is 52.5 Å². The minimum atomic E-state index is 0.0928. The molecule has 1 aromatic heterocycles. The Morgan fingerprint density at radius 3 is 2.55 bits per heavy atom. The maximum absolute atomic E-state index is 13.0. The molecule has 0 aliphatic carbocycles. The Bertz CT molecular complexity index is 941. The topological polar surface area (TPSA) is 69.9 Å². The van der Waals surface area contributed by atoms with Crippen LogP contribution in [-0.2, 0) is 10.2 Å². The third kappa shape index (κ3) is 4.79. The van der Waals surface area contributed by atoms with E-state index < -0.39 is 0 Å². The van der Waals surface area contributed by atoms with Crippen LogP contribution in [0.25, 0.3) is 0 Å². The molecule has 0 bridgehead atoms. The van der Waals surface area contributed by atoms with Crippen molar-refractivity contribution in [3.8, 4) is 6.07 Å². The molecule has 152 valence electrons. The van der Waals surface area contributed by atoms with Gasteiger partial charge in [0.15, 0.2) is 0 Å². The van der Waals surface area contributed by atoms with Crippen LogP contribution in [0.4, 0.5) is 0 Å². The third-order valence-electron chi connectivity index (χ3n) is 5.35. The molecule has 1 saturated heterocycles. The molecule has 1 amide bonds. The van der Waals surface area contributed by atoms with Crippen LogP contribution in [0.3, 0.4) is 0 Å². The number of amides is 1. The predicted molar refractivity (Wildman–Crippen MR) is 116 cm³/mol. The number of hydrogen-bond donors (Lipinski definition) is 0. The van der Waals surface area contributed by atoms with E-state index in [4.69, 9.17) is 0 Å². The molecule has 0 spiro atoms. The van der Waals surface area contributed by atoms with Gasteiger partial charge in [-0.15, -0.1) is 0 Å². The highest BCUT2D eigenvalue weighted by Gasteiger charge is 2.30. The first-order valence-electron chi connectivity index (χ1n) is 9.98. The van der Waals surface area contributed by atoms with Gasteiger partial charge < -0.3 is 4.90 Å². The molecule has 2 aromatic rings. The van der Waals surface area contributed by atoms with E-state index in [1.165, 1.54) is 22.9 Å². The van der Waals surface area contributed by atoms with Crippen LogP contribution < -0.4 is 0 Å². The first kappa shape index (κ1) is 21.3. The van der Waals surface area contributed by atoms with E-state index in [2.05, 4.69) is 61.1 Å². The molecule has 0 radical (unpaired) electrons. The number of benzene rings is 1. The second-order valence-corrected chi connectivity index (χ2v) is 9.52. The highest BCUT2D eigenvalue weighted by molar-refractivity contribution is 8.00. The molecule has 1 fully saturated rings. The number of carbonyl (C=O) groups is 1. The predicted octanol–water partition coefficient (Wildman–Crippen LogP) is 4.72. The molecule has 1 aromatic carbocycles. The Hall–Kier alpha value is -2.39. The van der Waals surface area contributed by atoms with Crippen LogP contribution >= 0.6 is 11.8 Å². The van der Waals surface area contributed by atoms with E-state index in [9.17, 15) is 10.1 Å². The van der Waals surface area contributed by atoms with Crippen molar-refractivity contribution in [3.63, 3.8) is 0 Å². The molecule has 1 atom stereocenters. The number of nitrogens with zero attached hydrogens (tertiary/aromatic N) is 4. The smallest absolute Gasteiger partial charge is 0.233 e. The zero-order valence-electron chi connectivity index (χ0n) is 17.8. The first-order valence-corrected chi connectivity index (χ1v) is 11.0. The lowest BCUT2D eigenvalue weighted by atomic mass is 9.86. The van der Waals surface area contributed by atoms with Crippen molar-refractivity contribution in [1.82, 2.24) is 14.9 Å². The van der Waals surface area contributed by atoms with Gasteiger partial charge in [-0.3, -0.25) is 4.79 Å². The third-order valence-corrected chi connectivity index (χ3v) is 6.31. The zero-order chi connectivity index (χ0) is 21.2. The summed E-state index contributed by atoms with van der Waals surface area (Å²) in [5.74, 6) is 0.992. The molecular formula is C23H28N4OS. The van der Waals surface area contributed by atoms with Gasteiger partial charge in [0.2, 0.25) is 5.91 Å². The van der Waals surface area contributed by atoms with Crippen LogP contribution in [0.1, 0.15) is 67.9 Å². The minimum absolute atomic E-state index is 0.0928. The van der Waals surface area contributed by atoms with Crippen LogP contribution in [0.15, 0.2) is 29.3 Å². The Morgan fingerprint density at radius 2 is 1.93 bits per heavy atom. The molecule has 0 N–H and O–H groups in total. The molecule has 0 saturated carbocycles. The van der Waals surface area contributed by atoms with Gasteiger partial charge in [-0.1, -0.05) is 56.8 Å². The molecule has 1 aliphatic rings. The van der Waals surface area contributed by atoms with Crippen LogP contribution in [-0.4, -0.2) is 33.1 Å². The summed E-state index contributed by atoms with van der Waals surface area (Å²) in [4.78, 5) is 23.6. The molecule has 6 heteroatoms. The molecule has 1 aliphatic heterocycles. The number of rotatable bonds is 4. The van der Waals surface area contributed by atoms with Crippen molar-refractivity contribution in [1.29, 1.82) is 5.26 Å². The SMILES string of the molecule is Cc1nc(C)c(C#N)c(SCC(=O)N2CCCC2c2ccc(C(C)(C)C)cc2)n1. The normalized spacial score (nSPS) is 16.7. The Balaban J connectivity index is 1.72. The van der Waals surface area contributed by atoms with Crippen LogP contribution in [0.5, 0.6) is 0 Å². The van der Waals surface area contributed by atoms with Gasteiger partial charge in [-0.05, 0) is 43.2 Å². The Morgan fingerprint density at radius 1 is 1.24 bits per heavy atom. The average molecular weight is 409 g/mol. The highest BCUT2D eigenvalue weighted by Crippen LogP contribution is 2.34. The maximum atomic E-state index is 13.0. The van der Waals surface area contributed by atoms with Crippen molar-refractivity contribution in [2.75, 3.05) is 12.3 Å². The van der Waals surface area contributed by atoms with Gasteiger partial charge in [-0.25, -0.2) is 9.97 Å². The van der Waals surface area contributed by atoms with Gasteiger partial charge in [0.05, 0.1) is 17.5 Å². The van der Waals surface area contributed by atoms with E-state index in [1.807, 2.05) is 4.90 Å². The van der Waals surface area contributed by atoms with Gasteiger partial charge in [0, 0.05) is 6.54 Å². The number of carbonyl (C=O) groups excluding carboxylic acids is 1. The Kier molecular flexibility index (Phi) is 6.28. The largest absolute Gasteiger partial charge is 0.335 e. The summed E-state index contributed by atoms with van der Waals surface area (Å²) in [6, 6.07) is 11.0. The van der Waals surface area contributed by atoms with E-state index in [1.54, 1.807) is 13.8 Å². The molecule has 3 rings (SSSR count). The Labute approximate surface area is 177 Å². The molecule has 1 unspecified atom stereocenters. The highest BCUT2D eigenvalue weighted by atomic mass is 32.2. The summed E-state index contributed by atoms with van der Waals surface area (Å²) in [6.07, 6.45) is 2.00. The van der Waals surface area contributed by atoms with Gasteiger partial charge in [-0.2, -0.15) is 5.26 Å². The van der Waals surface area contributed by atoms with Crippen LogP contribution in [0, 0.1) is 25.2 Å². The molecule has 5 nitrogen and oxygen atoms in total. The molecule has 29 heavy (non-hydrogen) atoms. The van der Waals surface area contributed by atoms with Crippen molar-refractivity contribution in [2.24, 2.45) is 0 Å². The number of thioether (sulfide) groups is 1. The first-order chi connectivity index (χ1) is 13.7. The second kappa shape index (κ2) is 8.54. The van der Waals surface area contributed by atoms with E-state index >= 15 is 0 Å². The fourth-order valence-corrected chi connectivity index (χ4v) is 4.70. The lowest BCUT2D eigenvalue weighted by molar-refractivity contribution is -0.129. The molecule has 2 heterocycles. The number of hydrogen-bond acceptors (Lipinski definition) is 5. The van der Waals surface area contributed by atoms with E-state index in [-0.39, 0.29) is 23.1 Å². The van der Waals surface area contributed by atoms with Gasteiger partial charge in [0.1, 0.15) is 22.5 Å². The van der Waals surface area contributed by atoms with Crippen LogP contribution in [0.2, 0.25) is 0 Å². The molecular weight excluding hydrogens is 380 g/mol. The lowest BCUT2D eigenvalue weighted by Gasteiger charge is -2.26. The summed E-state index contributed by atoms with van der Waals surface area (Å²) in [5.41, 5.74) is 3.73. The lowest BCUT2D eigenvalue weighted by Crippen LogP contribution is -2.32. The maximum Gasteiger partial charge on any atom is 0.233 e. The van der Waals surface area contributed by atoms with Crippen molar-refractivity contribution >= 4 is 17.7 Å². The number of nitriles is 1.